The summed E-state index contributed by atoms with van der Waals surface area (Å²) >= 11 is 0. The average Bonchev–Trinajstić information content (AvgIpc) is 3.60. The highest BCUT2D eigenvalue weighted by Crippen LogP contribution is 2.47. The molecule has 2 heteroatoms. The third-order valence-corrected chi connectivity index (χ3v) is 11.1. The molecule has 0 saturated carbocycles. The van der Waals surface area contributed by atoms with E-state index in [0.717, 1.165) is 0 Å². The van der Waals surface area contributed by atoms with Crippen molar-refractivity contribution in [3.8, 4) is 0 Å². The second-order valence-electron chi connectivity index (χ2n) is 14.8. The monoisotopic (exact) mass is 682 g/mol. The van der Waals surface area contributed by atoms with E-state index in [9.17, 15) is 0 Å². The van der Waals surface area contributed by atoms with E-state index in [-0.39, 0.29) is 0 Å². The summed E-state index contributed by atoms with van der Waals surface area (Å²) in [7, 11) is 4.46. The number of hydrogen-bond donors (Lipinski definition) is 0. The van der Waals surface area contributed by atoms with E-state index in [1.807, 2.05) is 0 Å². The highest BCUT2D eigenvalue weighted by Gasteiger charge is 2.36. The molecule has 0 amide bonds. The molecule has 1 aliphatic carbocycles. The van der Waals surface area contributed by atoms with Crippen LogP contribution in [0.2, 0.25) is 0 Å². The fraction of sp³-hybridized carbons (Fsp3) is 0.280. The van der Waals surface area contributed by atoms with E-state index in [2.05, 4.69) is 183 Å². The number of likely N-dealkylation sites (N-methyl/N-ethyl adjacent to an activating group) is 1. The van der Waals surface area contributed by atoms with E-state index < -0.39 is 0 Å². The van der Waals surface area contributed by atoms with Gasteiger partial charge in [-0.2, -0.15) is 0 Å². The number of aryl methyl sites for hydroxylation is 3. The van der Waals surface area contributed by atoms with Gasteiger partial charge in [0.1, 0.15) is 0 Å². The normalized spacial score (nSPS) is 17.2. The van der Waals surface area contributed by atoms with Gasteiger partial charge in [0.25, 0.3) is 0 Å². The molecule has 2 atom stereocenters. The minimum Gasteiger partial charge on any atom is -0.367 e. The molecule has 7 rings (SSSR count). The van der Waals surface area contributed by atoms with Crippen molar-refractivity contribution < 1.29 is 0 Å². The Bertz CT molecular complexity index is 2180. The van der Waals surface area contributed by atoms with E-state index in [1.54, 1.807) is 0 Å². The molecule has 0 N–H and O–H groups in total. The van der Waals surface area contributed by atoms with Crippen molar-refractivity contribution in [1.29, 1.82) is 0 Å². The molecule has 2 nitrogen and oxygen atoms in total. The predicted molar refractivity (Wildman–Crippen MR) is 228 cm³/mol. The number of anilines is 1. The largest absolute Gasteiger partial charge is 0.367 e. The summed E-state index contributed by atoms with van der Waals surface area (Å²) in [4.78, 5) is 2.47. The molecular weight excluding hydrogens is 629 g/mol. The summed E-state index contributed by atoms with van der Waals surface area (Å²) in [6.07, 6.45) is 34.6. The van der Waals surface area contributed by atoms with Crippen molar-refractivity contribution >= 4 is 45.7 Å². The second kappa shape index (κ2) is 16.5. The first-order valence-electron chi connectivity index (χ1n) is 19.6. The van der Waals surface area contributed by atoms with E-state index in [0.29, 0.717) is 12.0 Å². The van der Waals surface area contributed by atoms with Crippen molar-refractivity contribution in [2.45, 2.75) is 77.2 Å². The van der Waals surface area contributed by atoms with Crippen LogP contribution in [0.5, 0.6) is 0 Å². The Morgan fingerprint density at radius 3 is 1.75 bits per heavy atom. The molecule has 0 bridgehead atoms. The maximum absolute atomic E-state index is 2.47. The summed E-state index contributed by atoms with van der Waals surface area (Å²) in [6.45, 7) is 4.52. The van der Waals surface area contributed by atoms with Crippen molar-refractivity contribution in [2.75, 3.05) is 11.9 Å². The molecule has 2 aliphatic rings. The summed E-state index contributed by atoms with van der Waals surface area (Å²) < 4.78 is 2.37. The minimum absolute atomic E-state index is 0.320. The van der Waals surface area contributed by atoms with Gasteiger partial charge < -0.3 is 9.47 Å². The number of allylic oxidation sites excluding steroid dienone is 7. The highest BCUT2D eigenvalue weighted by molar-refractivity contribution is 6.10. The molecule has 52 heavy (non-hydrogen) atoms. The Morgan fingerprint density at radius 1 is 0.577 bits per heavy atom. The summed E-state index contributed by atoms with van der Waals surface area (Å²) in [5.41, 5.74) is 13.2. The third-order valence-electron chi connectivity index (χ3n) is 11.1. The smallest absolute Gasteiger partial charge is 0.0582 e. The van der Waals surface area contributed by atoms with Crippen LogP contribution in [-0.4, -0.2) is 17.7 Å². The van der Waals surface area contributed by atoms with Gasteiger partial charge in [-0.1, -0.05) is 167 Å². The summed E-state index contributed by atoms with van der Waals surface area (Å²) in [6, 6.07) is 30.1. The van der Waals surface area contributed by atoms with Crippen LogP contribution < -0.4 is 4.90 Å². The minimum atomic E-state index is 0.320. The quantitative estimate of drug-likeness (QED) is 0.0836. The van der Waals surface area contributed by atoms with Gasteiger partial charge in [0.2, 0.25) is 0 Å². The van der Waals surface area contributed by atoms with Gasteiger partial charge in [-0.15, -0.1) is 0 Å². The van der Waals surface area contributed by atoms with E-state index in [1.165, 1.54) is 118 Å². The van der Waals surface area contributed by atoms with Crippen molar-refractivity contribution in [3.05, 3.63) is 166 Å². The topological polar surface area (TPSA) is 8.17 Å². The Kier molecular flexibility index (Phi) is 11.2. The molecule has 2 unspecified atom stereocenters. The zero-order chi connectivity index (χ0) is 35.9. The van der Waals surface area contributed by atoms with Gasteiger partial charge >= 0.3 is 0 Å². The molecule has 0 radical (unpaired) electrons. The average molecular weight is 683 g/mol. The van der Waals surface area contributed by atoms with Crippen LogP contribution in [0.15, 0.2) is 133 Å². The Balaban J connectivity index is 1.02. The third kappa shape index (κ3) is 7.87. The molecule has 5 aromatic rings. The predicted octanol–water partition coefficient (Wildman–Crippen LogP) is 13.2. The lowest BCUT2D eigenvalue weighted by Crippen LogP contribution is -2.29. The number of nitrogens with zero attached hydrogens (tertiary/aromatic N) is 2. The van der Waals surface area contributed by atoms with Crippen molar-refractivity contribution in [3.63, 3.8) is 0 Å². The Labute approximate surface area is 311 Å². The maximum Gasteiger partial charge on any atom is 0.0582 e. The lowest BCUT2D eigenvalue weighted by atomic mass is 9.88. The zero-order valence-electron chi connectivity index (χ0n) is 31.6. The molecule has 1 aromatic heterocycles. The lowest BCUT2D eigenvalue weighted by Gasteiger charge is -2.25. The van der Waals surface area contributed by atoms with Gasteiger partial charge in [0.05, 0.1) is 6.04 Å². The molecule has 1 aliphatic heterocycles. The Hall–Kier alpha value is -5.08. The van der Waals surface area contributed by atoms with E-state index in [4.69, 9.17) is 0 Å². The zero-order valence-corrected chi connectivity index (χ0v) is 31.6. The molecule has 0 fully saturated rings. The number of hydrogen-bond acceptors (Lipinski definition) is 1. The second-order valence-corrected chi connectivity index (χ2v) is 14.8. The van der Waals surface area contributed by atoms with Crippen LogP contribution in [0.25, 0.3) is 40.0 Å². The van der Waals surface area contributed by atoms with Crippen molar-refractivity contribution in [1.82, 2.24) is 4.57 Å². The molecule has 4 aromatic carbocycles. The SMILES string of the molecule is CCCCCc1ccc(/C=C/C=C/C2=CC3C(C=C2)c2cc4c(cc2N3C)c2ccc(/C=C/C=C/c3ccc(CCCCC)cc3)cc2n4C)cc1. The van der Waals surface area contributed by atoms with Crippen LogP contribution in [0, 0.1) is 0 Å². The number of rotatable bonds is 14. The van der Waals surface area contributed by atoms with Gasteiger partial charge in [-0.25, -0.2) is 0 Å². The molecule has 2 heterocycles. The number of fused-ring (bicyclic) bond motifs is 6. The van der Waals surface area contributed by atoms with Gasteiger partial charge in [0, 0.05) is 47.5 Å². The van der Waals surface area contributed by atoms with Crippen LogP contribution in [0.4, 0.5) is 5.69 Å². The lowest BCUT2D eigenvalue weighted by molar-refractivity contribution is 0.717. The number of aromatic nitrogens is 1. The first-order chi connectivity index (χ1) is 25.5. The van der Waals surface area contributed by atoms with Gasteiger partial charge in [0.15, 0.2) is 0 Å². The van der Waals surface area contributed by atoms with Gasteiger partial charge in [-0.3, -0.25) is 0 Å². The maximum atomic E-state index is 2.47. The summed E-state index contributed by atoms with van der Waals surface area (Å²) in [5, 5.41) is 2.63. The molecule has 0 spiro atoms. The van der Waals surface area contributed by atoms with Crippen LogP contribution in [0.1, 0.15) is 91.7 Å². The van der Waals surface area contributed by atoms with E-state index >= 15 is 0 Å². The first-order valence-corrected chi connectivity index (χ1v) is 19.6. The fourth-order valence-corrected chi connectivity index (χ4v) is 7.96. The Morgan fingerprint density at radius 2 is 1.13 bits per heavy atom. The molecule has 264 valence electrons. The number of benzene rings is 4. The van der Waals surface area contributed by atoms with Gasteiger partial charge in [-0.05, 0) is 82.8 Å². The number of unbranched alkanes of at least 4 members (excludes halogenated alkanes) is 4. The van der Waals surface area contributed by atoms with Crippen LogP contribution in [-0.2, 0) is 19.9 Å². The molecular formula is C50H54N2. The van der Waals surface area contributed by atoms with Crippen LogP contribution >= 0.6 is 0 Å². The first kappa shape index (κ1) is 35.3. The fourth-order valence-electron chi connectivity index (χ4n) is 7.96. The van der Waals surface area contributed by atoms with Crippen LogP contribution in [0.3, 0.4) is 0 Å². The van der Waals surface area contributed by atoms with Crippen molar-refractivity contribution in [2.24, 2.45) is 7.05 Å². The summed E-state index contributed by atoms with van der Waals surface area (Å²) in [5.74, 6) is 0.355. The highest BCUT2D eigenvalue weighted by atomic mass is 15.2. The molecule has 0 saturated heterocycles. The standard InChI is InChI=1S/C50H54N2/c1-5-7-9-15-37-21-25-39(26-22-37)17-11-13-19-41-29-31-43-45-35-50-46(36-49(45)51(3)47(43)33-41)44-32-30-42(34-48(44)52(50)4)20-14-12-18-40-27-23-38(24-28-40)16-10-8-6-2/h11-14,17-36,43,47H,5-10,15-16H2,1-4H3/b17-11+,18-12+,19-13+,20-14+.